The van der Waals surface area contributed by atoms with E-state index >= 15 is 0 Å². The van der Waals surface area contributed by atoms with Crippen molar-refractivity contribution in [2.45, 2.75) is 44.7 Å². The van der Waals surface area contributed by atoms with Crippen LogP contribution in [0, 0.1) is 13.8 Å². The molecule has 5 heteroatoms. The zero-order valence-corrected chi connectivity index (χ0v) is 23.1. The number of carbonyl (C=O) groups is 2. The lowest BCUT2D eigenvalue weighted by atomic mass is 9.77. The van der Waals surface area contributed by atoms with Crippen molar-refractivity contribution in [1.29, 1.82) is 0 Å². The largest absolute Gasteiger partial charge is 0.394 e. The van der Waals surface area contributed by atoms with E-state index in [-0.39, 0.29) is 18.4 Å². The van der Waals surface area contributed by atoms with Crippen molar-refractivity contribution in [3.05, 3.63) is 142 Å². The molecule has 0 saturated carbocycles. The number of hydrogen-bond donors (Lipinski definition) is 2. The Morgan fingerprint density at radius 1 is 0.850 bits per heavy atom. The molecule has 0 bridgehead atoms. The first-order valence-electron chi connectivity index (χ1n) is 13.9. The van der Waals surface area contributed by atoms with Crippen molar-refractivity contribution in [1.82, 2.24) is 10.2 Å². The van der Waals surface area contributed by atoms with Crippen LogP contribution >= 0.6 is 0 Å². The molecule has 2 amide bonds. The van der Waals surface area contributed by atoms with Crippen LogP contribution in [0.25, 0.3) is 0 Å². The van der Waals surface area contributed by atoms with Gasteiger partial charge in [-0.15, -0.1) is 0 Å². The SMILES string of the molecule is Cc1ccc([C@@H]2[C@@H](C(=O)NCCc3ccccc3)c3ccccc3C(=O)N2[C@H](CO)Cc2ccccc2)c(C)c1. The maximum absolute atomic E-state index is 14.2. The summed E-state index contributed by atoms with van der Waals surface area (Å²) in [6.45, 7) is 4.34. The van der Waals surface area contributed by atoms with Crippen LogP contribution in [0.5, 0.6) is 0 Å². The fourth-order valence-electron chi connectivity index (χ4n) is 5.95. The lowest BCUT2D eigenvalue weighted by Gasteiger charge is -2.46. The van der Waals surface area contributed by atoms with E-state index < -0.39 is 18.0 Å². The van der Waals surface area contributed by atoms with Gasteiger partial charge in [-0.25, -0.2) is 0 Å². The molecule has 0 unspecified atom stereocenters. The average Bonchev–Trinajstić information content (AvgIpc) is 2.97. The summed E-state index contributed by atoms with van der Waals surface area (Å²) in [5.41, 5.74) is 6.46. The van der Waals surface area contributed by atoms with Gasteiger partial charge in [0.05, 0.1) is 24.6 Å². The van der Waals surface area contributed by atoms with Crippen molar-refractivity contribution in [2.75, 3.05) is 13.2 Å². The van der Waals surface area contributed by atoms with Gasteiger partial charge in [0.15, 0.2) is 0 Å². The highest BCUT2D eigenvalue weighted by Gasteiger charge is 2.46. The molecular weight excluding hydrogens is 496 g/mol. The Balaban J connectivity index is 1.58. The maximum Gasteiger partial charge on any atom is 0.255 e. The molecule has 204 valence electrons. The molecule has 0 aromatic heterocycles. The molecule has 3 atom stereocenters. The van der Waals surface area contributed by atoms with E-state index in [0.717, 1.165) is 33.4 Å². The number of fused-ring (bicyclic) bond motifs is 1. The summed E-state index contributed by atoms with van der Waals surface area (Å²) in [6, 6.07) is 32.5. The Labute approximate surface area is 236 Å². The maximum atomic E-state index is 14.2. The second kappa shape index (κ2) is 12.3. The Morgan fingerprint density at radius 3 is 2.17 bits per heavy atom. The molecule has 0 spiro atoms. The van der Waals surface area contributed by atoms with Crippen molar-refractivity contribution in [3.8, 4) is 0 Å². The van der Waals surface area contributed by atoms with E-state index in [2.05, 4.69) is 23.5 Å². The summed E-state index contributed by atoms with van der Waals surface area (Å²) in [7, 11) is 0. The number of carbonyl (C=O) groups excluding carboxylic acids is 2. The van der Waals surface area contributed by atoms with Crippen LogP contribution in [-0.2, 0) is 17.6 Å². The van der Waals surface area contributed by atoms with E-state index in [0.29, 0.717) is 24.9 Å². The first-order chi connectivity index (χ1) is 19.5. The van der Waals surface area contributed by atoms with Gasteiger partial charge < -0.3 is 15.3 Å². The number of aliphatic hydroxyl groups is 1. The summed E-state index contributed by atoms with van der Waals surface area (Å²) in [5.74, 6) is -0.915. The van der Waals surface area contributed by atoms with Crippen molar-refractivity contribution in [3.63, 3.8) is 0 Å². The minimum absolute atomic E-state index is 0.123. The number of amides is 2. The Morgan fingerprint density at radius 2 is 1.50 bits per heavy atom. The summed E-state index contributed by atoms with van der Waals surface area (Å²) in [4.78, 5) is 30.1. The van der Waals surface area contributed by atoms with E-state index in [9.17, 15) is 14.7 Å². The first-order valence-corrected chi connectivity index (χ1v) is 13.9. The third-order valence-corrected chi connectivity index (χ3v) is 7.88. The normalized spacial score (nSPS) is 17.3. The Hall–Kier alpha value is -4.22. The molecule has 4 aromatic carbocycles. The first kappa shape index (κ1) is 27.4. The molecule has 1 heterocycles. The van der Waals surface area contributed by atoms with Gasteiger partial charge >= 0.3 is 0 Å². The third-order valence-electron chi connectivity index (χ3n) is 7.88. The number of nitrogens with zero attached hydrogens (tertiary/aromatic N) is 1. The van der Waals surface area contributed by atoms with Crippen LogP contribution < -0.4 is 5.32 Å². The molecule has 2 N–H and O–H groups in total. The standard InChI is InChI=1S/C35H36N2O3/c1-24-17-18-29(25(2)21-24)33-32(34(39)36-20-19-26-11-5-3-6-12-26)30-15-9-10-16-31(30)35(40)37(33)28(23-38)22-27-13-7-4-8-14-27/h3-18,21,28,32-33,38H,19-20,22-23H2,1-2H3,(H,36,39)/t28-,32-,33+/m0/s1. The minimum atomic E-state index is -0.629. The molecule has 0 fully saturated rings. The van der Waals surface area contributed by atoms with Crippen LogP contribution in [0.15, 0.2) is 103 Å². The van der Waals surface area contributed by atoms with Crippen LogP contribution in [0.3, 0.4) is 0 Å². The molecule has 0 saturated heterocycles. The van der Waals surface area contributed by atoms with E-state index in [1.807, 2.05) is 92.7 Å². The fourth-order valence-corrected chi connectivity index (χ4v) is 5.95. The zero-order valence-electron chi connectivity index (χ0n) is 23.1. The monoisotopic (exact) mass is 532 g/mol. The number of benzene rings is 4. The molecule has 1 aliphatic heterocycles. The molecule has 40 heavy (non-hydrogen) atoms. The molecule has 0 aliphatic carbocycles. The third kappa shape index (κ3) is 5.70. The van der Waals surface area contributed by atoms with Gasteiger partial charge in [0.25, 0.3) is 5.91 Å². The van der Waals surface area contributed by atoms with Gasteiger partial charge in [-0.05, 0) is 60.6 Å². The van der Waals surface area contributed by atoms with E-state index in [1.165, 1.54) is 0 Å². The van der Waals surface area contributed by atoms with Gasteiger partial charge in [0.2, 0.25) is 5.91 Å². The predicted molar refractivity (Wildman–Crippen MR) is 158 cm³/mol. The number of hydrogen-bond acceptors (Lipinski definition) is 3. The van der Waals surface area contributed by atoms with E-state index in [1.54, 1.807) is 11.0 Å². The molecule has 4 aromatic rings. The fraction of sp³-hybridized carbons (Fsp3) is 0.257. The smallest absolute Gasteiger partial charge is 0.255 e. The van der Waals surface area contributed by atoms with Gasteiger partial charge in [-0.1, -0.05) is 103 Å². The lowest BCUT2D eigenvalue weighted by molar-refractivity contribution is -0.124. The highest BCUT2D eigenvalue weighted by Crippen LogP contribution is 2.45. The number of rotatable bonds is 9. The van der Waals surface area contributed by atoms with Gasteiger partial charge in [-0.3, -0.25) is 9.59 Å². The zero-order chi connectivity index (χ0) is 28.1. The predicted octanol–water partition coefficient (Wildman–Crippen LogP) is 5.55. The van der Waals surface area contributed by atoms with Gasteiger partial charge in [0.1, 0.15) is 0 Å². The van der Waals surface area contributed by atoms with Crippen LogP contribution in [0.1, 0.15) is 55.7 Å². The van der Waals surface area contributed by atoms with Crippen molar-refractivity contribution in [2.24, 2.45) is 0 Å². The van der Waals surface area contributed by atoms with Crippen molar-refractivity contribution < 1.29 is 14.7 Å². The number of aryl methyl sites for hydroxylation is 2. The molecule has 5 rings (SSSR count). The Bertz CT molecular complexity index is 1470. The molecule has 5 nitrogen and oxygen atoms in total. The Kier molecular flexibility index (Phi) is 8.42. The topological polar surface area (TPSA) is 69.6 Å². The summed E-state index contributed by atoms with van der Waals surface area (Å²) in [6.07, 6.45) is 1.19. The van der Waals surface area contributed by atoms with Crippen molar-refractivity contribution >= 4 is 11.8 Å². The van der Waals surface area contributed by atoms with E-state index in [4.69, 9.17) is 0 Å². The number of nitrogens with one attached hydrogen (secondary N) is 1. The molecular formula is C35H36N2O3. The molecule has 1 aliphatic rings. The lowest BCUT2D eigenvalue weighted by Crippen LogP contribution is -2.53. The molecule has 0 radical (unpaired) electrons. The second-order valence-electron chi connectivity index (χ2n) is 10.6. The number of aliphatic hydroxyl groups excluding tert-OH is 1. The highest BCUT2D eigenvalue weighted by atomic mass is 16.3. The van der Waals surface area contributed by atoms with Gasteiger partial charge in [-0.2, -0.15) is 0 Å². The highest BCUT2D eigenvalue weighted by molar-refractivity contribution is 6.01. The van der Waals surface area contributed by atoms with Gasteiger partial charge in [0, 0.05) is 12.1 Å². The summed E-state index contributed by atoms with van der Waals surface area (Å²) in [5, 5.41) is 13.9. The quantitative estimate of drug-likeness (QED) is 0.297. The van der Waals surface area contributed by atoms with Crippen LogP contribution in [-0.4, -0.2) is 41.0 Å². The summed E-state index contributed by atoms with van der Waals surface area (Å²) >= 11 is 0. The minimum Gasteiger partial charge on any atom is -0.394 e. The van der Waals surface area contributed by atoms with Crippen LogP contribution in [0.4, 0.5) is 0 Å². The second-order valence-corrected chi connectivity index (χ2v) is 10.6. The van der Waals surface area contributed by atoms with Crippen LogP contribution in [0.2, 0.25) is 0 Å². The average molecular weight is 533 g/mol. The summed E-state index contributed by atoms with van der Waals surface area (Å²) < 4.78 is 0.